The van der Waals surface area contributed by atoms with Gasteiger partial charge in [0, 0.05) is 5.56 Å². The van der Waals surface area contributed by atoms with Crippen molar-refractivity contribution < 1.29 is 24.2 Å². The molecule has 7 heteroatoms. The molecular formula is C12H17NO5S. The van der Waals surface area contributed by atoms with E-state index < -0.39 is 17.7 Å². The van der Waals surface area contributed by atoms with Crippen LogP contribution in [-0.2, 0) is 4.74 Å². The molecule has 2 N–H and O–H groups in total. The first-order chi connectivity index (χ1) is 8.65. The summed E-state index contributed by atoms with van der Waals surface area (Å²) in [4.78, 5) is 22.8. The minimum atomic E-state index is -1.12. The van der Waals surface area contributed by atoms with Crippen molar-refractivity contribution in [1.29, 1.82) is 0 Å². The molecule has 0 aliphatic carbocycles. The fraction of sp³-hybridized carbons (Fsp3) is 0.500. The van der Waals surface area contributed by atoms with Gasteiger partial charge in [-0.05, 0) is 27.7 Å². The third-order valence-corrected chi connectivity index (χ3v) is 3.29. The van der Waals surface area contributed by atoms with Gasteiger partial charge < -0.3 is 14.6 Å². The van der Waals surface area contributed by atoms with E-state index in [1.54, 1.807) is 27.7 Å². The Morgan fingerprint density at radius 2 is 1.89 bits per heavy atom. The number of carbonyl (C=O) groups excluding carboxylic acids is 1. The SMILES string of the molecule is COc1sc(NC(=O)OC(C)(C)C)c(C(=O)O)c1C. The Labute approximate surface area is 115 Å². The van der Waals surface area contributed by atoms with Gasteiger partial charge in [0.2, 0.25) is 0 Å². The zero-order valence-electron chi connectivity index (χ0n) is 11.5. The number of hydrogen-bond donors (Lipinski definition) is 2. The molecular weight excluding hydrogens is 270 g/mol. The van der Waals surface area contributed by atoms with Crippen molar-refractivity contribution in [2.45, 2.75) is 33.3 Å². The molecule has 6 nitrogen and oxygen atoms in total. The van der Waals surface area contributed by atoms with Crippen LogP contribution in [0.25, 0.3) is 0 Å². The number of anilines is 1. The molecule has 0 saturated heterocycles. The minimum absolute atomic E-state index is 0.0210. The fourth-order valence-electron chi connectivity index (χ4n) is 1.43. The first-order valence-electron chi connectivity index (χ1n) is 5.56. The largest absolute Gasteiger partial charge is 0.487 e. The molecule has 1 aromatic rings. The quantitative estimate of drug-likeness (QED) is 0.892. The molecule has 0 atom stereocenters. The van der Waals surface area contributed by atoms with Crippen molar-refractivity contribution in [2.75, 3.05) is 12.4 Å². The number of carboxylic acids is 1. The van der Waals surface area contributed by atoms with Gasteiger partial charge in [-0.1, -0.05) is 11.3 Å². The molecule has 1 aromatic heterocycles. The molecule has 0 unspecified atom stereocenters. The zero-order chi connectivity index (χ0) is 14.8. The maximum atomic E-state index is 11.7. The second-order valence-corrected chi connectivity index (χ2v) is 5.84. The van der Waals surface area contributed by atoms with Gasteiger partial charge in [-0.25, -0.2) is 9.59 Å². The number of thiophene rings is 1. The summed E-state index contributed by atoms with van der Waals surface area (Å²) < 4.78 is 10.1. The van der Waals surface area contributed by atoms with E-state index in [2.05, 4.69) is 5.32 Å². The van der Waals surface area contributed by atoms with E-state index in [1.165, 1.54) is 7.11 Å². The van der Waals surface area contributed by atoms with Crippen molar-refractivity contribution in [1.82, 2.24) is 0 Å². The van der Waals surface area contributed by atoms with Crippen LogP contribution in [0.4, 0.5) is 9.80 Å². The summed E-state index contributed by atoms with van der Waals surface area (Å²) in [5.74, 6) is -1.12. The summed E-state index contributed by atoms with van der Waals surface area (Å²) in [6.45, 7) is 6.81. The van der Waals surface area contributed by atoms with Crippen LogP contribution in [0, 0.1) is 6.92 Å². The molecule has 106 valence electrons. The van der Waals surface area contributed by atoms with Crippen LogP contribution in [0.15, 0.2) is 0 Å². The molecule has 0 bridgehead atoms. The molecule has 0 radical (unpaired) electrons. The minimum Gasteiger partial charge on any atom is -0.487 e. The average Bonchev–Trinajstić information content (AvgIpc) is 2.51. The lowest BCUT2D eigenvalue weighted by Crippen LogP contribution is -2.27. The number of amides is 1. The Morgan fingerprint density at radius 3 is 2.32 bits per heavy atom. The lowest BCUT2D eigenvalue weighted by atomic mass is 10.2. The van der Waals surface area contributed by atoms with E-state index in [0.29, 0.717) is 10.6 Å². The number of methoxy groups -OCH3 is 1. The van der Waals surface area contributed by atoms with E-state index in [-0.39, 0.29) is 10.6 Å². The predicted octanol–water partition coefficient (Wildman–Crippen LogP) is 3.11. The Hall–Kier alpha value is -1.76. The lowest BCUT2D eigenvalue weighted by Gasteiger charge is -2.19. The van der Waals surface area contributed by atoms with E-state index in [0.717, 1.165) is 11.3 Å². The number of aromatic carboxylic acids is 1. The number of ether oxygens (including phenoxy) is 2. The first-order valence-corrected chi connectivity index (χ1v) is 6.38. The van der Waals surface area contributed by atoms with Crippen LogP contribution in [0.2, 0.25) is 0 Å². The van der Waals surface area contributed by atoms with Crippen molar-refractivity contribution >= 4 is 28.4 Å². The highest BCUT2D eigenvalue weighted by atomic mass is 32.1. The third kappa shape index (κ3) is 3.85. The van der Waals surface area contributed by atoms with E-state index in [4.69, 9.17) is 14.6 Å². The van der Waals surface area contributed by atoms with Gasteiger partial charge in [-0.3, -0.25) is 5.32 Å². The second kappa shape index (κ2) is 5.48. The number of rotatable bonds is 3. The van der Waals surface area contributed by atoms with Crippen LogP contribution < -0.4 is 10.1 Å². The number of carbonyl (C=O) groups is 2. The van der Waals surface area contributed by atoms with Gasteiger partial charge in [0.1, 0.15) is 16.2 Å². The monoisotopic (exact) mass is 287 g/mol. The lowest BCUT2D eigenvalue weighted by molar-refractivity contribution is 0.0636. The third-order valence-electron chi connectivity index (χ3n) is 2.12. The van der Waals surface area contributed by atoms with Crippen molar-refractivity contribution in [3.63, 3.8) is 0 Å². The maximum Gasteiger partial charge on any atom is 0.412 e. The molecule has 0 saturated carbocycles. The zero-order valence-corrected chi connectivity index (χ0v) is 12.3. The average molecular weight is 287 g/mol. The Kier molecular flexibility index (Phi) is 4.41. The van der Waals surface area contributed by atoms with Gasteiger partial charge >= 0.3 is 12.1 Å². The van der Waals surface area contributed by atoms with Gasteiger partial charge in [0.05, 0.1) is 7.11 Å². The second-order valence-electron chi connectivity index (χ2n) is 4.85. The molecule has 0 aliphatic heterocycles. The molecule has 1 amide bonds. The predicted molar refractivity (Wildman–Crippen MR) is 72.4 cm³/mol. The maximum absolute atomic E-state index is 11.7. The smallest absolute Gasteiger partial charge is 0.412 e. The van der Waals surface area contributed by atoms with E-state index in [9.17, 15) is 9.59 Å². The molecule has 0 aliphatic rings. The van der Waals surface area contributed by atoms with Crippen LogP contribution in [0.1, 0.15) is 36.7 Å². The van der Waals surface area contributed by atoms with Gasteiger partial charge in [0.15, 0.2) is 5.06 Å². The number of nitrogens with one attached hydrogen (secondary N) is 1. The normalized spacial score (nSPS) is 11.0. The topological polar surface area (TPSA) is 84.9 Å². The highest BCUT2D eigenvalue weighted by molar-refractivity contribution is 7.18. The van der Waals surface area contributed by atoms with Gasteiger partial charge in [-0.2, -0.15) is 0 Å². The Balaban J connectivity index is 3.01. The summed E-state index contributed by atoms with van der Waals surface area (Å²) in [6, 6.07) is 0. The number of hydrogen-bond acceptors (Lipinski definition) is 5. The van der Waals surface area contributed by atoms with Gasteiger partial charge in [0.25, 0.3) is 0 Å². The van der Waals surface area contributed by atoms with Crippen molar-refractivity contribution in [3.8, 4) is 5.06 Å². The molecule has 1 rings (SSSR count). The Bertz CT molecular complexity index is 501. The van der Waals surface area contributed by atoms with Crippen LogP contribution in [0.5, 0.6) is 5.06 Å². The first kappa shape index (κ1) is 15.3. The van der Waals surface area contributed by atoms with Crippen LogP contribution in [0.3, 0.4) is 0 Å². The van der Waals surface area contributed by atoms with Crippen molar-refractivity contribution in [3.05, 3.63) is 11.1 Å². The standard InChI is InChI=1S/C12H17NO5S/c1-6-7(9(14)15)8(19-10(6)17-5)13-11(16)18-12(2,3)4/h1-5H3,(H,13,16)(H,14,15). The molecule has 0 aromatic carbocycles. The fourth-order valence-corrected chi connectivity index (χ4v) is 2.43. The van der Waals surface area contributed by atoms with E-state index in [1.807, 2.05) is 0 Å². The van der Waals surface area contributed by atoms with Crippen LogP contribution >= 0.6 is 11.3 Å². The summed E-state index contributed by atoms with van der Waals surface area (Å²) in [6.07, 6.45) is -0.695. The highest BCUT2D eigenvalue weighted by Crippen LogP contribution is 2.38. The number of carboxylic acid groups (broad SMARTS) is 1. The Morgan fingerprint density at radius 1 is 1.32 bits per heavy atom. The molecule has 1 heterocycles. The summed E-state index contributed by atoms with van der Waals surface area (Å²) in [5.41, 5.74) is -0.150. The van der Waals surface area contributed by atoms with Gasteiger partial charge in [-0.15, -0.1) is 0 Å². The van der Waals surface area contributed by atoms with Crippen LogP contribution in [-0.4, -0.2) is 29.9 Å². The summed E-state index contributed by atoms with van der Waals surface area (Å²) >= 11 is 1.05. The summed E-state index contributed by atoms with van der Waals surface area (Å²) in [7, 11) is 1.45. The highest BCUT2D eigenvalue weighted by Gasteiger charge is 2.24. The molecule has 19 heavy (non-hydrogen) atoms. The van der Waals surface area contributed by atoms with Crippen molar-refractivity contribution in [2.24, 2.45) is 0 Å². The molecule has 0 spiro atoms. The molecule has 0 fully saturated rings. The van der Waals surface area contributed by atoms with E-state index >= 15 is 0 Å². The summed E-state index contributed by atoms with van der Waals surface area (Å²) in [5, 5.41) is 12.3.